The second-order valence-electron chi connectivity index (χ2n) is 9.90. The van der Waals surface area contributed by atoms with Crippen LogP contribution in [0.5, 0.6) is 5.75 Å². The predicted molar refractivity (Wildman–Crippen MR) is 119 cm³/mol. The van der Waals surface area contributed by atoms with E-state index in [1.807, 2.05) is 0 Å². The summed E-state index contributed by atoms with van der Waals surface area (Å²) in [4.78, 5) is 26.9. The summed E-state index contributed by atoms with van der Waals surface area (Å²) in [7, 11) is 1.71. The van der Waals surface area contributed by atoms with Crippen molar-refractivity contribution < 1.29 is 4.74 Å². The predicted octanol–water partition coefficient (Wildman–Crippen LogP) is 4.51. The lowest BCUT2D eigenvalue weighted by atomic mass is 9.55. The van der Waals surface area contributed by atoms with Crippen LogP contribution < -0.4 is 15.6 Å². The number of rotatable bonds is 3. The molecule has 0 amide bonds. The van der Waals surface area contributed by atoms with Crippen molar-refractivity contribution >= 4 is 17.1 Å². The molecular weight excluding hydrogens is 390 g/mol. The van der Waals surface area contributed by atoms with Gasteiger partial charge in [0.1, 0.15) is 5.75 Å². The molecule has 0 unspecified atom stereocenters. The van der Waals surface area contributed by atoms with E-state index < -0.39 is 0 Å². The van der Waals surface area contributed by atoms with Crippen LogP contribution in [0.3, 0.4) is 0 Å². The van der Waals surface area contributed by atoms with Gasteiger partial charge >= 0.3 is 0 Å². The van der Waals surface area contributed by atoms with Gasteiger partial charge in [-0.1, -0.05) is 19.4 Å². The molecule has 2 fully saturated rings. The van der Waals surface area contributed by atoms with E-state index in [2.05, 4.69) is 50.4 Å². The van der Waals surface area contributed by atoms with Crippen LogP contribution in [0, 0.1) is 17.3 Å². The van der Waals surface area contributed by atoms with Gasteiger partial charge in [0.15, 0.2) is 11.2 Å². The molecule has 3 aromatic rings. The second-order valence-corrected chi connectivity index (χ2v) is 9.90. The summed E-state index contributed by atoms with van der Waals surface area (Å²) in [6, 6.07) is 6.60. The first-order valence-corrected chi connectivity index (χ1v) is 11.4. The summed E-state index contributed by atoms with van der Waals surface area (Å²) >= 11 is 0. The third-order valence-electron chi connectivity index (χ3n) is 8.40. The highest BCUT2D eigenvalue weighted by molar-refractivity contribution is 5.69. The van der Waals surface area contributed by atoms with Crippen LogP contribution in [0.15, 0.2) is 29.3 Å². The second kappa shape index (κ2) is 6.84. The van der Waals surface area contributed by atoms with Crippen LogP contribution in [0.2, 0.25) is 0 Å². The smallest absolute Gasteiger partial charge is 0.278 e. The lowest BCUT2D eigenvalue weighted by Crippen LogP contribution is -2.41. The van der Waals surface area contributed by atoms with Crippen molar-refractivity contribution in [2.24, 2.45) is 17.3 Å². The average molecular weight is 420 g/mol. The zero-order valence-corrected chi connectivity index (χ0v) is 18.1. The SMILES string of the molecule is COc1ccc2c(c1)[C@@H](Nc1nc3nc[nH]c3c(=O)[nH]1)C[C@@H]1[C@@H]2CC[C@]2(C)CCC[C@@H]12. The Bertz CT molecular complexity index is 1200. The van der Waals surface area contributed by atoms with Crippen LogP contribution >= 0.6 is 0 Å². The largest absolute Gasteiger partial charge is 0.497 e. The summed E-state index contributed by atoms with van der Waals surface area (Å²) < 4.78 is 5.55. The Balaban J connectivity index is 1.42. The van der Waals surface area contributed by atoms with Crippen molar-refractivity contribution in [2.45, 2.75) is 57.4 Å². The van der Waals surface area contributed by atoms with E-state index in [0.717, 1.165) is 18.1 Å². The molecule has 5 atom stereocenters. The zero-order chi connectivity index (χ0) is 21.2. The molecule has 0 saturated heterocycles. The number of ether oxygens (including phenoxy) is 1. The van der Waals surface area contributed by atoms with Gasteiger partial charge in [-0.05, 0) is 78.5 Å². The number of hydrogen-bond donors (Lipinski definition) is 3. The number of nitrogens with zero attached hydrogens (tertiary/aromatic N) is 2. The quantitative estimate of drug-likeness (QED) is 0.580. The van der Waals surface area contributed by atoms with Crippen molar-refractivity contribution in [1.82, 2.24) is 19.9 Å². The fraction of sp³-hybridized carbons (Fsp3) is 0.542. The molecule has 3 N–H and O–H groups in total. The Kier molecular flexibility index (Phi) is 4.17. The lowest BCUT2D eigenvalue weighted by Gasteiger charge is -2.51. The Morgan fingerprint density at radius 3 is 3.00 bits per heavy atom. The van der Waals surface area contributed by atoms with E-state index in [1.54, 1.807) is 7.11 Å². The van der Waals surface area contributed by atoms with Gasteiger partial charge < -0.3 is 15.0 Å². The van der Waals surface area contributed by atoms with Crippen LogP contribution in [0.4, 0.5) is 5.95 Å². The first kappa shape index (κ1) is 18.9. The number of aromatic nitrogens is 4. The molecule has 0 radical (unpaired) electrons. The highest BCUT2D eigenvalue weighted by atomic mass is 16.5. The first-order valence-electron chi connectivity index (χ1n) is 11.4. The number of fused-ring (bicyclic) bond motifs is 6. The minimum atomic E-state index is -0.203. The van der Waals surface area contributed by atoms with Crippen molar-refractivity contribution in [3.63, 3.8) is 0 Å². The van der Waals surface area contributed by atoms with Gasteiger partial charge in [0, 0.05) is 0 Å². The number of H-pyrrole nitrogens is 2. The van der Waals surface area contributed by atoms with Gasteiger partial charge in [0.25, 0.3) is 5.56 Å². The van der Waals surface area contributed by atoms with Gasteiger partial charge in [-0.15, -0.1) is 0 Å². The Labute approximate surface area is 181 Å². The molecule has 7 heteroatoms. The summed E-state index contributed by atoms with van der Waals surface area (Å²) in [5, 5.41) is 3.56. The standard InChI is InChI=1S/C24H29N5O2/c1-24-8-3-4-18(24)16-11-19(27-23-28-21-20(22(30)29-23)25-12-26-21)17-10-13(31-2)5-6-14(17)15(16)7-9-24/h5-6,10,12,15-16,18-19H,3-4,7-9,11H2,1-2H3,(H3,25,26,27,28,29,30)/t15-,16-,18+,19+,24+/m1/s1. The number of nitrogens with one attached hydrogen (secondary N) is 3. The fourth-order valence-corrected chi connectivity index (χ4v) is 6.93. The highest BCUT2D eigenvalue weighted by Crippen LogP contribution is 2.62. The minimum absolute atomic E-state index is 0.0776. The summed E-state index contributed by atoms with van der Waals surface area (Å²) in [5.74, 6) is 3.38. The van der Waals surface area contributed by atoms with Crippen molar-refractivity contribution in [1.29, 1.82) is 0 Å². The van der Waals surface area contributed by atoms with Gasteiger partial charge in [-0.25, -0.2) is 4.98 Å². The lowest BCUT2D eigenvalue weighted by molar-refractivity contribution is 0.0556. The Hall–Kier alpha value is -2.83. The number of anilines is 1. The van der Waals surface area contributed by atoms with Gasteiger partial charge in [-0.3, -0.25) is 9.78 Å². The van der Waals surface area contributed by atoms with Crippen LogP contribution in [0.1, 0.15) is 68.5 Å². The summed E-state index contributed by atoms with van der Waals surface area (Å²) in [6.45, 7) is 2.51. The monoisotopic (exact) mass is 419 g/mol. The van der Waals surface area contributed by atoms with Crippen LogP contribution in [-0.2, 0) is 0 Å². The number of hydrogen-bond acceptors (Lipinski definition) is 5. The van der Waals surface area contributed by atoms with E-state index in [-0.39, 0.29) is 11.6 Å². The average Bonchev–Trinajstić information content (AvgIpc) is 3.40. The molecule has 7 nitrogen and oxygen atoms in total. The van der Waals surface area contributed by atoms with Crippen LogP contribution in [-0.4, -0.2) is 27.0 Å². The number of methoxy groups -OCH3 is 1. The maximum Gasteiger partial charge on any atom is 0.278 e. The first-order chi connectivity index (χ1) is 15.1. The van der Waals surface area contributed by atoms with E-state index in [1.165, 1.54) is 49.6 Å². The molecule has 2 saturated carbocycles. The molecule has 1 aromatic carbocycles. The molecule has 3 aliphatic carbocycles. The number of aromatic amines is 2. The molecule has 0 aliphatic heterocycles. The summed E-state index contributed by atoms with van der Waals surface area (Å²) in [6.07, 6.45) is 9.19. The summed E-state index contributed by atoms with van der Waals surface area (Å²) in [5.41, 5.74) is 3.83. The normalized spacial score (nSPS) is 31.7. The van der Waals surface area contributed by atoms with E-state index in [9.17, 15) is 4.79 Å². The molecule has 31 heavy (non-hydrogen) atoms. The maximum atomic E-state index is 12.4. The van der Waals surface area contributed by atoms with Gasteiger partial charge in [0.2, 0.25) is 5.95 Å². The Morgan fingerprint density at radius 1 is 1.23 bits per heavy atom. The zero-order valence-electron chi connectivity index (χ0n) is 18.1. The third-order valence-corrected chi connectivity index (χ3v) is 8.40. The molecular formula is C24H29N5O2. The van der Waals surface area contributed by atoms with Gasteiger partial charge in [0.05, 0.1) is 19.5 Å². The molecule has 6 rings (SSSR count). The van der Waals surface area contributed by atoms with E-state index >= 15 is 0 Å². The maximum absolute atomic E-state index is 12.4. The van der Waals surface area contributed by atoms with Gasteiger partial charge in [-0.2, -0.15) is 4.98 Å². The fourth-order valence-electron chi connectivity index (χ4n) is 6.93. The number of imidazole rings is 1. The van der Waals surface area contributed by atoms with Crippen LogP contribution in [0.25, 0.3) is 11.2 Å². The van der Waals surface area contributed by atoms with E-state index in [0.29, 0.717) is 34.4 Å². The molecule has 162 valence electrons. The number of benzene rings is 1. The van der Waals surface area contributed by atoms with Crippen molar-refractivity contribution in [3.05, 3.63) is 46.0 Å². The molecule has 3 aliphatic rings. The van der Waals surface area contributed by atoms with Crippen molar-refractivity contribution in [3.8, 4) is 5.75 Å². The molecule has 0 bridgehead atoms. The topological polar surface area (TPSA) is 95.7 Å². The Morgan fingerprint density at radius 2 is 2.13 bits per heavy atom. The molecule has 0 spiro atoms. The molecule has 2 heterocycles. The third kappa shape index (κ3) is 2.89. The minimum Gasteiger partial charge on any atom is -0.497 e. The molecule has 2 aromatic heterocycles. The highest BCUT2D eigenvalue weighted by Gasteiger charge is 2.51. The van der Waals surface area contributed by atoms with Crippen molar-refractivity contribution in [2.75, 3.05) is 12.4 Å². The van der Waals surface area contributed by atoms with E-state index in [4.69, 9.17) is 4.74 Å².